The largest absolute Gasteiger partial charge is 0.369 e. The third-order valence-corrected chi connectivity index (χ3v) is 5.58. The van der Waals surface area contributed by atoms with Crippen LogP contribution < -0.4 is 21.9 Å². The lowest BCUT2D eigenvalue weighted by molar-refractivity contribution is 0.487. The van der Waals surface area contributed by atoms with Crippen LogP contribution in [0.2, 0.25) is 0 Å². The molecule has 25 heavy (non-hydrogen) atoms. The molecule has 1 saturated heterocycles. The van der Waals surface area contributed by atoms with Crippen LogP contribution in [-0.2, 0) is 0 Å². The second-order valence-corrected chi connectivity index (χ2v) is 7.44. The van der Waals surface area contributed by atoms with E-state index in [4.69, 9.17) is 5.73 Å². The number of nitrogens with two attached hydrogens (primary N) is 1. The maximum atomic E-state index is 14.9. The lowest BCUT2D eigenvalue weighted by atomic mass is 10.0. The first-order valence-corrected chi connectivity index (χ1v) is 8.86. The average molecular weight is 346 g/mol. The van der Waals surface area contributed by atoms with Crippen LogP contribution in [0.1, 0.15) is 37.8 Å². The molecular formula is C18H23FN4O2. The monoisotopic (exact) mass is 346 g/mol. The summed E-state index contributed by atoms with van der Waals surface area (Å²) in [5.74, 6) is -0.0962. The van der Waals surface area contributed by atoms with Crippen LogP contribution >= 0.6 is 0 Å². The fraction of sp³-hybridized carbons (Fsp3) is 0.556. The average Bonchev–Trinajstić information content (AvgIpc) is 3.25. The van der Waals surface area contributed by atoms with Gasteiger partial charge in [-0.05, 0) is 45.1 Å². The van der Waals surface area contributed by atoms with Gasteiger partial charge in [-0.2, -0.15) is 0 Å². The van der Waals surface area contributed by atoms with Crippen molar-refractivity contribution in [3.63, 3.8) is 0 Å². The van der Waals surface area contributed by atoms with E-state index in [2.05, 4.69) is 4.98 Å². The number of rotatable bonds is 3. The van der Waals surface area contributed by atoms with E-state index in [1.807, 2.05) is 11.8 Å². The van der Waals surface area contributed by atoms with Crippen LogP contribution in [0.25, 0.3) is 10.9 Å². The first-order valence-electron chi connectivity index (χ1n) is 8.86. The van der Waals surface area contributed by atoms with Gasteiger partial charge in [0.25, 0.3) is 5.56 Å². The van der Waals surface area contributed by atoms with Gasteiger partial charge in [-0.3, -0.25) is 14.3 Å². The Morgan fingerprint density at radius 1 is 1.32 bits per heavy atom. The molecule has 2 unspecified atom stereocenters. The van der Waals surface area contributed by atoms with Crippen LogP contribution in [0.15, 0.2) is 15.7 Å². The molecule has 2 aliphatic rings. The zero-order valence-electron chi connectivity index (χ0n) is 14.5. The molecule has 0 radical (unpaired) electrons. The van der Waals surface area contributed by atoms with Crippen molar-refractivity contribution in [1.82, 2.24) is 9.55 Å². The van der Waals surface area contributed by atoms with E-state index in [1.54, 1.807) is 11.5 Å². The molecule has 2 aromatic rings. The number of aryl methyl sites for hydroxylation is 1. The van der Waals surface area contributed by atoms with Gasteiger partial charge in [0.15, 0.2) is 0 Å². The Labute approximate surface area is 144 Å². The molecule has 1 aromatic carbocycles. The van der Waals surface area contributed by atoms with Crippen molar-refractivity contribution in [1.29, 1.82) is 0 Å². The molecular weight excluding hydrogens is 323 g/mol. The Bertz CT molecular complexity index is 958. The van der Waals surface area contributed by atoms with Crippen molar-refractivity contribution >= 4 is 16.6 Å². The van der Waals surface area contributed by atoms with Crippen LogP contribution in [-0.4, -0.2) is 28.7 Å². The predicted molar refractivity (Wildman–Crippen MR) is 95.8 cm³/mol. The first kappa shape index (κ1) is 16.3. The maximum Gasteiger partial charge on any atom is 0.329 e. The van der Waals surface area contributed by atoms with E-state index in [1.165, 1.54) is 6.07 Å². The smallest absolute Gasteiger partial charge is 0.329 e. The third kappa shape index (κ3) is 2.57. The Balaban J connectivity index is 1.93. The Hall–Kier alpha value is -2.15. The number of hydrogen-bond donors (Lipinski definition) is 2. The van der Waals surface area contributed by atoms with Crippen molar-refractivity contribution in [2.24, 2.45) is 11.7 Å². The van der Waals surface area contributed by atoms with Gasteiger partial charge in [0, 0.05) is 30.7 Å². The number of aromatic amines is 1. The van der Waals surface area contributed by atoms with E-state index in [-0.39, 0.29) is 17.5 Å². The van der Waals surface area contributed by atoms with Gasteiger partial charge in [-0.1, -0.05) is 0 Å². The highest BCUT2D eigenvalue weighted by Crippen LogP contribution is 2.39. The van der Waals surface area contributed by atoms with Gasteiger partial charge in [0.1, 0.15) is 5.82 Å². The van der Waals surface area contributed by atoms with Crippen LogP contribution in [0.4, 0.5) is 10.1 Å². The van der Waals surface area contributed by atoms with Crippen LogP contribution in [0, 0.1) is 18.7 Å². The van der Waals surface area contributed by atoms with E-state index in [0.717, 1.165) is 25.8 Å². The maximum absolute atomic E-state index is 14.9. The van der Waals surface area contributed by atoms with Crippen molar-refractivity contribution in [3.05, 3.63) is 38.3 Å². The second kappa shape index (κ2) is 5.69. The first-order chi connectivity index (χ1) is 11.9. The molecule has 2 heterocycles. The summed E-state index contributed by atoms with van der Waals surface area (Å²) in [7, 11) is 0. The standard InChI is InChI=1S/C18H23FN4O2/c1-9-15-13(17(24)21-18(25)23(15)12-3-4-12)7-14(19)16(9)22-6-5-11(8-22)10(2)20/h7,10-12H,3-6,8,20H2,1-2H3,(H,21,24,25). The minimum absolute atomic E-state index is 0.0568. The number of benzene rings is 1. The van der Waals surface area contributed by atoms with E-state index >= 15 is 0 Å². The summed E-state index contributed by atoms with van der Waals surface area (Å²) >= 11 is 0. The molecule has 0 bridgehead atoms. The summed E-state index contributed by atoms with van der Waals surface area (Å²) in [4.78, 5) is 28.9. The van der Waals surface area contributed by atoms with Gasteiger partial charge in [0.05, 0.1) is 16.6 Å². The van der Waals surface area contributed by atoms with Gasteiger partial charge in [-0.15, -0.1) is 0 Å². The predicted octanol–water partition coefficient (Wildman–Crippen LogP) is 1.65. The fourth-order valence-electron chi connectivity index (χ4n) is 4.06. The number of fused-ring (bicyclic) bond motifs is 1. The fourth-order valence-corrected chi connectivity index (χ4v) is 4.06. The van der Waals surface area contributed by atoms with Crippen LogP contribution in [0.3, 0.4) is 0 Å². The number of nitrogens with one attached hydrogen (secondary N) is 1. The van der Waals surface area contributed by atoms with Crippen molar-refractivity contribution in [2.45, 2.75) is 45.2 Å². The Kier molecular flexibility index (Phi) is 3.72. The third-order valence-electron chi connectivity index (χ3n) is 5.58. The number of halogens is 1. The van der Waals surface area contributed by atoms with E-state index in [0.29, 0.717) is 29.2 Å². The molecule has 1 saturated carbocycles. The summed E-state index contributed by atoms with van der Waals surface area (Å²) in [5.41, 5.74) is 6.80. The summed E-state index contributed by atoms with van der Waals surface area (Å²) in [6.45, 7) is 5.20. The normalized spacial score (nSPS) is 21.9. The van der Waals surface area contributed by atoms with E-state index in [9.17, 15) is 14.0 Å². The lowest BCUT2D eigenvalue weighted by Gasteiger charge is -2.24. The number of nitrogens with zero attached hydrogens (tertiary/aromatic N) is 2. The Morgan fingerprint density at radius 3 is 2.64 bits per heavy atom. The summed E-state index contributed by atoms with van der Waals surface area (Å²) in [6, 6.07) is 1.43. The highest BCUT2D eigenvalue weighted by molar-refractivity contribution is 5.87. The summed E-state index contributed by atoms with van der Waals surface area (Å²) in [6.07, 6.45) is 2.73. The van der Waals surface area contributed by atoms with Gasteiger partial charge in [0.2, 0.25) is 0 Å². The quantitative estimate of drug-likeness (QED) is 0.885. The highest BCUT2D eigenvalue weighted by Gasteiger charge is 2.32. The number of H-pyrrole nitrogens is 1. The summed E-state index contributed by atoms with van der Waals surface area (Å²) < 4.78 is 16.5. The van der Waals surface area contributed by atoms with Crippen molar-refractivity contribution in [3.8, 4) is 0 Å². The molecule has 4 rings (SSSR count). The summed E-state index contributed by atoms with van der Waals surface area (Å²) in [5, 5.41) is 0.244. The molecule has 1 aromatic heterocycles. The highest BCUT2D eigenvalue weighted by atomic mass is 19.1. The molecule has 134 valence electrons. The zero-order chi connectivity index (χ0) is 17.9. The number of anilines is 1. The minimum Gasteiger partial charge on any atom is -0.369 e. The minimum atomic E-state index is -0.527. The van der Waals surface area contributed by atoms with Gasteiger partial charge < -0.3 is 10.6 Å². The number of hydrogen-bond acceptors (Lipinski definition) is 4. The van der Waals surface area contributed by atoms with Crippen molar-refractivity contribution in [2.75, 3.05) is 18.0 Å². The topological polar surface area (TPSA) is 84.1 Å². The molecule has 2 fully saturated rings. The molecule has 0 spiro atoms. The van der Waals surface area contributed by atoms with Crippen LogP contribution in [0.5, 0.6) is 0 Å². The Morgan fingerprint density at radius 2 is 2.04 bits per heavy atom. The molecule has 0 amide bonds. The SMILES string of the molecule is Cc1c(N2CCC(C(C)N)C2)c(F)cc2c(=O)[nH]c(=O)n(C3CC3)c12. The van der Waals surface area contributed by atoms with Gasteiger partial charge >= 0.3 is 5.69 Å². The molecule has 1 aliphatic heterocycles. The number of aromatic nitrogens is 2. The van der Waals surface area contributed by atoms with Crippen molar-refractivity contribution < 1.29 is 4.39 Å². The van der Waals surface area contributed by atoms with Gasteiger partial charge in [-0.25, -0.2) is 9.18 Å². The lowest BCUT2D eigenvalue weighted by Crippen LogP contribution is -2.32. The molecule has 6 nitrogen and oxygen atoms in total. The molecule has 3 N–H and O–H groups in total. The zero-order valence-corrected chi connectivity index (χ0v) is 14.5. The molecule has 1 aliphatic carbocycles. The van der Waals surface area contributed by atoms with E-state index < -0.39 is 17.1 Å². The molecule has 7 heteroatoms. The molecule has 2 atom stereocenters. The second-order valence-electron chi connectivity index (χ2n) is 7.44.